The fourth-order valence-corrected chi connectivity index (χ4v) is 3.13. The molecule has 178 valence electrons. The van der Waals surface area contributed by atoms with E-state index < -0.39 is 29.9 Å². The summed E-state index contributed by atoms with van der Waals surface area (Å²) < 4.78 is 35.0. The molecule has 35 heavy (non-hydrogen) atoms. The average Bonchev–Trinajstić information content (AvgIpc) is 3.49. The van der Waals surface area contributed by atoms with Gasteiger partial charge in [-0.25, -0.2) is 18.7 Å². The summed E-state index contributed by atoms with van der Waals surface area (Å²) in [5.41, 5.74) is 11.7. The van der Waals surface area contributed by atoms with Gasteiger partial charge >= 0.3 is 0 Å². The highest BCUT2D eigenvalue weighted by Gasteiger charge is 2.18. The van der Waals surface area contributed by atoms with Crippen LogP contribution in [0.15, 0.2) is 65.2 Å². The van der Waals surface area contributed by atoms with Crippen molar-refractivity contribution in [2.24, 2.45) is 11.5 Å². The molecule has 2 amide bonds. The van der Waals surface area contributed by atoms with Crippen LogP contribution in [0.3, 0.4) is 0 Å². The molecule has 4 aromatic rings. The molecule has 0 saturated heterocycles. The van der Waals surface area contributed by atoms with E-state index in [1.807, 2.05) is 0 Å². The Morgan fingerprint density at radius 2 is 1.91 bits per heavy atom. The van der Waals surface area contributed by atoms with Crippen molar-refractivity contribution in [1.82, 2.24) is 24.9 Å². The van der Waals surface area contributed by atoms with Crippen LogP contribution in [0.25, 0.3) is 22.9 Å². The molecular weight excluding hydrogens is 462 g/mol. The molecule has 0 aliphatic rings. The van der Waals surface area contributed by atoms with Crippen LogP contribution in [-0.2, 0) is 16.1 Å². The van der Waals surface area contributed by atoms with Crippen molar-refractivity contribution in [1.29, 1.82) is 0 Å². The number of benzene rings is 1. The average molecular weight is 480 g/mol. The number of hydrogen-bond acceptors (Lipinski definition) is 8. The van der Waals surface area contributed by atoms with Crippen molar-refractivity contribution in [3.63, 3.8) is 0 Å². The molecule has 11 nitrogen and oxygen atoms in total. The normalized spacial score (nSPS) is 11.4. The summed E-state index contributed by atoms with van der Waals surface area (Å²) in [5, 5.41) is 10.9. The molecule has 0 spiro atoms. The standard InChI is InChI=1S/C22H18F2N8O3/c23-14-4-2-1-3-12(14)11-32-18(16-5-6-35-31-16)8-17(30-32)22-28-10-15(24)21(29-22)27-9-13(20(26)34)7-19(25)33/h1-6,8-10H,7,11H2,(H2,25,33)(H2,26,34)(H,27,28,29)/b13-9-. The number of primary amides is 2. The zero-order valence-electron chi connectivity index (χ0n) is 18.0. The minimum Gasteiger partial charge on any atom is -0.369 e. The van der Waals surface area contributed by atoms with Crippen LogP contribution < -0.4 is 16.8 Å². The summed E-state index contributed by atoms with van der Waals surface area (Å²) in [5.74, 6) is -3.22. The smallest absolute Gasteiger partial charge is 0.246 e. The lowest BCUT2D eigenvalue weighted by atomic mass is 10.2. The predicted molar refractivity (Wildman–Crippen MR) is 119 cm³/mol. The number of rotatable bonds is 9. The molecule has 0 aliphatic carbocycles. The van der Waals surface area contributed by atoms with Gasteiger partial charge in [-0.15, -0.1) is 0 Å². The maximum absolute atomic E-state index is 14.3. The molecule has 0 atom stereocenters. The summed E-state index contributed by atoms with van der Waals surface area (Å²) in [7, 11) is 0. The largest absolute Gasteiger partial charge is 0.369 e. The van der Waals surface area contributed by atoms with Gasteiger partial charge in [-0.05, 0) is 12.1 Å². The molecule has 5 N–H and O–H groups in total. The lowest BCUT2D eigenvalue weighted by Gasteiger charge is -2.07. The van der Waals surface area contributed by atoms with Crippen LogP contribution in [-0.4, -0.2) is 36.7 Å². The number of carbonyl (C=O) groups is 2. The lowest BCUT2D eigenvalue weighted by Crippen LogP contribution is -2.21. The quantitative estimate of drug-likeness (QED) is 0.306. The van der Waals surface area contributed by atoms with Crippen molar-refractivity contribution in [2.45, 2.75) is 13.0 Å². The Kier molecular flexibility index (Phi) is 6.57. The number of nitrogens with zero attached hydrogens (tertiary/aromatic N) is 5. The molecule has 0 fully saturated rings. The molecule has 0 saturated carbocycles. The number of halogens is 2. The predicted octanol–water partition coefficient (Wildman–Crippen LogP) is 1.98. The first-order valence-electron chi connectivity index (χ1n) is 10.1. The van der Waals surface area contributed by atoms with E-state index in [-0.39, 0.29) is 29.5 Å². The Bertz CT molecular complexity index is 1420. The third-order valence-corrected chi connectivity index (χ3v) is 4.80. The van der Waals surface area contributed by atoms with Crippen LogP contribution in [0.1, 0.15) is 12.0 Å². The van der Waals surface area contributed by atoms with Crippen LogP contribution in [0.2, 0.25) is 0 Å². The Labute approximate surface area is 196 Å². The van der Waals surface area contributed by atoms with Crippen LogP contribution in [0.5, 0.6) is 0 Å². The molecular formula is C22H18F2N8O3. The third kappa shape index (κ3) is 5.35. The van der Waals surface area contributed by atoms with E-state index in [1.54, 1.807) is 30.3 Å². The molecule has 13 heteroatoms. The zero-order valence-corrected chi connectivity index (χ0v) is 18.0. The number of aromatic nitrogens is 5. The van der Waals surface area contributed by atoms with E-state index in [0.29, 0.717) is 17.0 Å². The highest BCUT2D eigenvalue weighted by Crippen LogP contribution is 2.26. The van der Waals surface area contributed by atoms with Crippen molar-refractivity contribution in [3.8, 4) is 22.9 Å². The molecule has 0 radical (unpaired) electrons. The third-order valence-electron chi connectivity index (χ3n) is 4.80. The summed E-state index contributed by atoms with van der Waals surface area (Å²) in [6.07, 6.45) is 2.88. The first-order chi connectivity index (χ1) is 16.8. The Morgan fingerprint density at radius 1 is 1.11 bits per heavy atom. The second-order valence-corrected chi connectivity index (χ2v) is 7.26. The fourth-order valence-electron chi connectivity index (χ4n) is 3.13. The van der Waals surface area contributed by atoms with Crippen molar-refractivity contribution in [2.75, 3.05) is 5.32 Å². The second kappa shape index (κ2) is 9.91. The molecule has 0 bridgehead atoms. The van der Waals surface area contributed by atoms with Crippen LogP contribution >= 0.6 is 0 Å². The molecule has 0 aliphatic heterocycles. The van der Waals surface area contributed by atoms with E-state index in [2.05, 4.69) is 25.5 Å². The topological polar surface area (TPSA) is 168 Å². The summed E-state index contributed by atoms with van der Waals surface area (Å²) in [4.78, 5) is 30.7. The highest BCUT2D eigenvalue weighted by atomic mass is 19.1. The SMILES string of the molecule is NC(=O)C/C(=C/Nc1nc(-c2cc(-c3ccon3)n(Cc3ccccc3F)n2)ncc1F)C(N)=O. The van der Waals surface area contributed by atoms with Gasteiger partial charge in [0.1, 0.15) is 23.5 Å². The molecule has 3 heterocycles. The van der Waals surface area contributed by atoms with Gasteiger partial charge in [-0.1, -0.05) is 23.4 Å². The minimum atomic E-state index is -0.907. The van der Waals surface area contributed by atoms with Gasteiger partial charge in [-0.3, -0.25) is 14.3 Å². The van der Waals surface area contributed by atoms with E-state index in [4.69, 9.17) is 16.0 Å². The summed E-state index contributed by atoms with van der Waals surface area (Å²) >= 11 is 0. The van der Waals surface area contributed by atoms with Gasteiger partial charge in [0, 0.05) is 23.4 Å². The van der Waals surface area contributed by atoms with Gasteiger partial charge in [-0.2, -0.15) is 5.10 Å². The number of amides is 2. The molecule has 1 aromatic carbocycles. The second-order valence-electron chi connectivity index (χ2n) is 7.26. The minimum absolute atomic E-state index is 0.0230. The maximum Gasteiger partial charge on any atom is 0.246 e. The highest BCUT2D eigenvalue weighted by molar-refractivity contribution is 5.97. The van der Waals surface area contributed by atoms with E-state index in [0.717, 1.165) is 12.4 Å². The fraction of sp³-hybridized carbons (Fsp3) is 0.0909. The van der Waals surface area contributed by atoms with E-state index >= 15 is 0 Å². The lowest BCUT2D eigenvalue weighted by molar-refractivity contribution is -0.120. The van der Waals surface area contributed by atoms with Crippen molar-refractivity contribution in [3.05, 3.63) is 77.8 Å². The number of nitrogens with two attached hydrogens (primary N) is 2. The van der Waals surface area contributed by atoms with Gasteiger partial charge in [0.05, 0.1) is 24.9 Å². The van der Waals surface area contributed by atoms with Crippen molar-refractivity contribution < 1.29 is 22.9 Å². The summed E-state index contributed by atoms with van der Waals surface area (Å²) in [6.45, 7) is 0.0684. The first-order valence-corrected chi connectivity index (χ1v) is 10.1. The van der Waals surface area contributed by atoms with Crippen LogP contribution in [0, 0.1) is 11.6 Å². The zero-order chi connectivity index (χ0) is 24.9. The van der Waals surface area contributed by atoms with Crippen LogP contribution in [0.4, 0.5) is 14.6 Å². The van der Waals surface area contributed by atoms with E-state index in [9.17, 15) is 18.4 Å². The first kappa shape index (κ1) is 23.2. The van der Waals surface area contributed by atoms with Gasteiger partial charge in [0.25, 0.3) is 0 Å². The Balaban J connectivity index is 1.70. The number of hydrogen-bond donors (Lipinski definition) is 3. The maximum atomic E-state index is 14.3. The number of anilines is 1. The molecule has 0 unspecified atom stereocenters. The van der Waals surface area contributed by atoms with Gasteiger partial charge in [0.15, 0.2) is 17.5 Å². The monoisotopic (exact) mass is 480 g/mol. The molecule has 3 aromatic heterocycles. The Hall–Kier alpha value is -4.94. The van der Waals surface area contributed by atoms with Crippen molar-refractivity contribution >= 4 is 17.6 Å². The molecule has 4 rings (SSSR count). The summed E-state index contributed by atoms with van der Waals surface area (Å²) in [6, 6.07) is 9.43. The number of carbonyl (C=O) groups excluding carboxylic acids is 2. The van der Waals surface area contributed by atoms with Gasteiger partial charge in [0.2, 0.25) is 11.8 Å². The van der Waals surface area contributed by atoms with Gasteiger partial charge < -0.3 is 21.3 Å². The Morgan fingerprint density at radius 3 is 2.60 bits per heavy atom. The number of nitrogens with one attached hydrogen (secondary N) is 1. The van der Waals surface area contributed by atoms with E-state index in [1.165, 1.54) is 17.0 Å².